The maximum atomic E-state index is 12.9. The van der Waals surface area contributed by atoms with Crippen LogP contribution in [-0.4, -0.2) is 59.2 Å². The summed E-state index contributed by atoms with van der Waals surface area (Å²) >= 11 is 0. The number of hydrogen-bond donors (Lipinski definition) is 1. The zero-order valence-corrected chi connectivity index (χ0v) is 17.9. The Labute approximate surface area is 176 Å². The van der Waals surface area contributed by atoms with Gasteiger partial charge in [0.2, 0.25) is 15.9 Å². The highest BCUT2D eigenvalue weighted by molar-refractivity contribution is 7.89. The second kappa shape index (κ2) is 9.92. The van der Waals surface area contributed by atoms with E-state index in [1.54, 1.807) is 43.5 Å². The second-order valence-electron chi connectivity index (χ2n) is 6.77. The van der Waals surface area contributed by atoms with Gasteiger partial charge < -0.3 is 19.5 Å². The van der Waals surface area contributed by atoms with Gasteiger partial charge in [-0.15, -0.1) is 0 Å². The number of rotatable bonds is 8. The molecule has 1 heterocycles. The number of carbonyl (C=O) groups is 1. The molecule has 0 aromatic heterocycles. The summed E-state index contributed by atoms with van der Waals surface area (Å²) in [5.41, 5.74) is 1.29. The smallest absolute Gasteiger partial charge is 0.243 e. The Kier molecular flexibility index (Phi) is 7.30. The summed E-state index contributed by atoms with van der Waals surface area (Å²) < 4.78 is 43.0. The third-order valence-corrected chi connectivity index (χ3v) is 6.73. The maximum Gasteiger partial charge on any atom is 0.243 e. The zero-order chi connectivity index (χ0) is 21.6. The van der Waals surface area contributed by atoms with E-state index < -0.39 is 10.0 Å². The standard InChI is InChI=1S/C21H26N2O6S/c1-27-18-5-3-4-17(15-18)22-21(24)9-6-16-14-19(7-8-20(16)28-2)30(25,26)23-10-12-29-13-11-23/h3-5,7-8,14-15H,6,9-13H2,1-2H3,(H,22,24). The normalized spacial score (nSPS) is 14.9. The molecule has 0 spiro atoms. The lowest BCUT2D eigenvalue weighted by Gasteiger charge is -2.26. The van der Waals surface area contributed by atoms with Crippen LogP contribution in [0.4, 0.5) is 5.69 Å². The Balaban J connectivity index is 1.71. The third-order valence-electron chi connectivity index (χ3n) is 4.83. The van der Waals surface area contributed by atoms with Gasteiger partial charge in [-0.25, -0.2) is 8.42 Å². The number of nitrogens with one attached hydrogen (secondary N) is 1. The number of nitrogens with zero attached hydrogens (tertiary/aromatic N) is 1. The van der Waals surface area contributed by atoms with Crippen LogP contribution in [0.5, 0.6) is 11.5 Å². The number of hydrogen-bond acceptors (Lipinski definition) is 6. The van der Waals surface area contributed by atoms with Gasteiger partial charge in [0, 0.05) is 31.3 Å². The fourth-order valence-corrected chi connectivity index (χ4v) is 4.68. The van der Waals surface area contributed by atoms with Gasteiger partial charge in [-0.1, -0.05) is 6.07 Å². The monoisotopic (exact) mass is 434 g/mol. The van der Waals surface area contributed by atoms with Gasteiger partial charge in [0.25, 0.3) is 0 Å². The SMILES string of the molecule is COc1cccc(NC(=O)CCc2cc(S(=O)(=O)N3CCOCC3)ccc2OC)c1. The lowest BCUT2D eigenvalue weighted by molar-refractivity contribution is -0.116. The molecule has 2 aromatic rings. The van der Waals surface area contributed by atoms with Crippen LogP contribution in [0.2, 0.25) is 0 Å². The highest BCUT2D eigenvalue weighted by Gasteiger charge is 2.27. The molecule has 0 radical (unpaired) electrons. The number of carbonyl (C=O) groups excluding carboxylic acids is 1. The second-order valence-corrected chi connectivity index (χ2v) is 8.71. The minimum absolute atomic E-state index is 0.175. The predicted molar refractivity (Wildman–Crippen MR) is 113 cm³/mol. The van der Waals surface area contributed by atoms with Crippen LogP contribution in [0.15, 0.2) is 47.4 Å². The van der Waals surface area contributed by atoms with E-state index in [0.29, 0.717) is 55.5 Å². The average Bonchev–Trinajstić information content (AvgIpc) is 2.78. The molecule has 9 heteroatoms. The first-order valence-corrected chi connectivity index (χ1v) is 11.1. The van der Waals surface area contributed by atoms with E-state index in [0.717, 1.165) is 0 Å². The molecule has 8 nitrogen and oxygen atoms in total. The fraction of sp³-hybridized carbons (Fsp3) is 0.381. The van der Waals surface area contributed by atoms with Crippen LogP contribution in [0.3, 0.4) is 0 Å². The Morgan fingerprint density at radius 1 is 1.10 bits per heavy atom. The Morgan fingerprint density at radius 2 is 1.87 bits per heavy atom. The molecular weight excluding hydrogens is 408 g/mol. The molecule has 0 unspecified atom stereocenters. The van der Waals surface area contributed by atoms with Crippen molar-refractivity contribution in [2.45, 2.75) is 17.7 Å². The molecule has 1 aliphatic heterocycles. The molecule has 162 valence electrons. The Hall–Kier alpha value is -2.62. The molecule has 0 aliphatic carbocycles. The van der Waals surface area contributed by atoms with E-state index >= 15 is 0 Å². The van der Waals surface area contributed by atoms with Crippen LogP contribution in [0, 0.1) is 0 Å². The minimum Gasteiger partial charge on any atom is -0.497 e. The van der Waals surface area contributed by atoms with Crippen LogP contribution in [0.1, 0.15) is 12.0 Å². The first-order valence-electron chi connectivity index (χ1n) is 9.63. The van der Waals surface area contributed by atoms with Crippen LogP contribution in [0.25, 0.3) is 0 Å². The summed E-state index contributed by atoms with van der Waals surface area (Å²) in [7, 11) is -0.541. The number of ether oxygens (including phenoxy) is 3. The molecule has 0 saturated carbocycles. The number of sulfonamides is 1. The summed E-state index contributed by atoms with van der Waals surface area (Å²) in [6, 6.07) is 11.8. The molecule has 0 atom stereocenters. The van der Waals surface area contributed by atoms with Crippen molar-refractivity contribution in [1.82, 2.24) is 4.31 Å². The maximum absolute atomic E-state index is 12.9. The number of morpholine rings is 1. The molecule has 1 aliphatic rings. The Bertz CT molecular complexity index is 987. The van der Waals surface area contributed by atoms with Crippen molar-refractivity contribution in [1.29, 1.82) is 0 Å². The van der Waals surface area contributed by atoms with Crippen molar-refractivity contribution in [2.24, 2.45) is 0 Å². The molecule has 0 bridgehead atoms. The van der Waals surface area contributed by atoms with Crippen molar-refractivity contribution < 1.29 is 27.4 Å². The zero-order valence-electron chi connectivity index (χ0n) is 17.1. The third kappa shape index (κ3) is 5.29. The number of anilines is 1. The van der Waals surface area contributed by atoms with Crippen molar-refractivity contribution in [3.05, 3.63) is 48.0 Å². The van der Waals surface area contributed by atoms with Crippen LogP contribution < -0.4 is 14.8 Å². The Morgan fingerprint density at radius 3 is 2.57 bits per heavy atom. The van der Waals surface area contributed by atoms with Crippen molar-refractivity contribution in [2.75, 3.05) is 45.8 Å². The summed E-state index contributed by atoms with van der Waals surface area (Å²) in [6.07, 6.45) is 0.514. The van der Waals surface area contributed by atoms with E-state index in [1.165, 1.54) is 17.5 Å². The van der Waals surface area contributed by atoms with E-state index in [-0.39, 0.29) is 17.2 Å². The number of aryl methyl sites for hydroxylation is 1. The van der Waals surface area contributed by atoms with Gasteiger partial charge in [0.05, 0.1) is 32.3 Å². The molecule has 1 saturated heterocycles. The van der Waals surface area contributed by atoms with E-state index in [1.807, 2.05) is 0 Å². The molecule has 1 fully saturated rings. The molecular formula is C21H26N2O6S. The van der Waals surface area contributed by atoms with Gasteiger partial charge in [-0.05, 0) is 42.3 Å². The lowest BCUT2D eigenvalue weighted by Crippen LogP contribution is -2.40. The fourth-order valence-electron chi connectivity index (χ4n) is 3.22. The van der Waals surface area contributed by atoms with Gasteiger partial charge >= 0.3 is 0 Å². The summed E-state index contributed by atoms with van der Waals surface area (Å²) in [5, 5.41) is 2.82. The van der Waals surface area contributed by atoms with Gasteiger partial charge in [0.15, 0.2) is 0 Å². The van der Waals surface area contributed by atoms with Crippen LogP contribution >= 0.6 is 0 Å². The van der Waals surface area contributed by atoms with E-state index in [2.05, 4.69) is 5.32 Å². The molecule has 1 amide bonds. The quantitative estimate of drug-likeness (QED) is 0.685. The predicted octanol–water partition coefficient (Wildman–Crippen LogP) is 2.30. The summed E-state index contributed by atoms with van der Waals surface area (Å²) in [4.78, 5) is 12.6. The molecule has 3 rings (SSSR count). The molecule has 1 N–H and O–H groups in total. The van der Waals surface area contributed by atoms with Crippen molar-refractivity contribution >= 4 is 21.6 Å². The minimum atomic E-state index is -3.62. The van der Waals surface area contributed by atoms with Gasteiger partial charge in [-0.2, -0.15) is 4.31 Å². The summed E-state index contributed by atoms with van der Waals surface area (Å²) in [5.74, 6) is 1.01. The number of benzene rings is 2. The largest absolute Gasteiger partial charge is 0.497 e. The molecule has 30 heavy (non-hydrogen) atoms. The average molecular weight is 435 g/mol. The van der Waals surface area contributed by atoms with Crippen LogP contribution in [-0.2, 0) is 26.0 Å². The lowest BCUT2D eigenvalue weighted by atomic mass is 10.1. The van der Waals surface area contributed by atoms with Crippen molar-refractivity contribution in [3.63, 3.8) is 0 Å². The van der Waals surface area contributed by atoms with Crippen molar-refractivity contribution in [3.8, 4) is 11.5 Å². The first-order chi connectivity index (χ1) is 14.4. The highest BCUT2D eigenvalue weighted by atomic mass is 32.2. The first kappa shape index (κ1) is 22.1. The number of methoxy groups -OCH3 is 2. The molecule has 2 aromatic carbocycles. The van der Waals surface area contributed by atoms with E-state index in [4.69, 9.17) is 14.2 Å². The number of amides is 1. The van der Waals surface area contributed by atoms with Gasteiger partial charge in [0.1, 0.15) is 11.5 Å². The topological polar surface area (TPSA) is 94.2 Å². The van der Waals surface area contributed by atoms with E-state index in [9.17, 15) is 13.2 Å². The van der Waals surface area contributed by atoms with Gasteiger partial charge in [-0.3, -0.25) is 4.79 Å². The highest BCUT2D eigenvalue weighted by Crippen LogP contribution is 2.26. The summed E-state index contributed by atoms with van der Waals surface area (Å²) in [6.45, 7) is 1.42.